The van der Waals surface area contributed by atoms with Gasteiger partial charge in [0.05, 0.1) is 12.1 Å². The number of anilines is 4. The topological polar surface area (TPSA) is 59.1 Å². The van der Waals surface area contributed by atoms with E-state index in [1.165, 1.54) is 38.5 Å². The highest BCUT2D eigenvalue weighted by Crippen LogP contribution is 2.28. The maximum Gasteiger partial charge on any atom is 0.229 e. The number of hydrogen-bond donors (Lipinski definition) is 2. The van der Waals surface area contributed by atoms with E-state index in [2.05, 4.69) is 10.6 Å². The van der Waals surface area contributed by atoms with Gasteiger partial charge in [-0.2, -0.15) is 4.98 Å². The van der Waals surface area contributed by atoms with Crippen LogP contribution in [0.25, 0.3) is 10.9 Å². The summed E-state index contributed by atoms with van der Waals surface area (Å²) in [5, 5.41) is 7.75. The Kier molecular flexibility index (Phi) is 7.19. The second-order valence-electron chi connectivity index (χ2n) is 9.05. The van der Waals surface area contributed by atoms with Crippen molar-refractivity contribution in [1.82, 2.24) is 9.97 Å². The molecule has 1 heterocycles. The minimum Gasteiger partial charge on any atom is -0.494 e. The molecular formula is C29H32N4O. The molecule has 1 aliphatic rings. The zero-order valence-electron chi connectivity index (χ0n) is 19.5. The van der Waals surface area contributed by atoms with E-state index in [4.69, 9.17) is 14.7 Å². The number of nitrogens with one attached hydrogen (secondary N) is 2. The number of ether oxygens (including phenoxy) is 1. The summed E-state index contributed by atoms with van der Waals surface area (Å²) < 4.78 is 5.98. The van der Waals surface area contributed by atoms with Gasteiger partial charge < -0.3 is 15.4 Å². The Labute approximate surface area is 201 Å². The summed E-state index contributed by atoms with van der Waals surface area (Å²) in [6.45, 7) is 0.783. The molecule has 0 radical (unpaired) electrons. The fraction of sp³-hybridized carbons (Fsp3) is 0.310. The molecule has 0 amide bonds. The van der Waals surface area contributed by atoms with Crippen molar-refractivity contribution < 1.29 is 4.74 Å². The summed E-state index contributed by atoms with van der Waals surface area (Å²) in [5.74, 6) is 3.14. The summed E-state index contributed by atoms with van der Waals surface area (Å²) in [5.41, 5.74) is 2.80. The van der Waals surface area contributed by atoms with Crippen LogP contribution in [0.5, 0.6) is 5.75 Å². The summed E-state index contributed by atoms with van der Waals surface area (Å²) in [6.07, 6.45) is 9.46. The molecule has 0 unspecified atom stereocenters. The number of benzene rings is 3. The van der Waals surface area contributed by atoms with Crippen molar-refractivity contribution >= 4 is 34.0 Å². The van der Waals surface area contributed by atoms with E-state index in [-0.39, 0.29) is 0 Å². The summed E-state index contributed by atoms with van der Waals surface area (Å²) >= 11 is 0. The summed E-state index contributed by atoms with van der Waals surface area (Å²) in [6, 6.07) is 26.1. The summed E-state index contributed by atoms with van der Waals surface area (Å²) in [7, 11) is 0. The van der Waals surface area contributed by atoms with Crippen molar-refractivity contribution in [3.05, 3.63) is 78.9 Å². The van der Waals surface area contributed by atoms with Crippen LogP contribution in [0.1, 0.15) is 44.9 Å². The van der Waals surface area contributed by atoms with E-state index in [9.17, 15) is 0 Å². The fourth-order valence-electron chi connectivity index (χ4n) is 4.69. The molecule has 5 heteroatoms. The average Bonchev–Trinajstić information content (AvgIpc) is 2.89. The molecule has 1 saturated carbocycles. The quantitative estimate of drug-likeness (QED) is 0.253. The molecule has 1 fully saturated rings. The largest absolute Gasteiger partial charge is 0.494 e. The van der Waals surface area contributed by atoms with E-state index in [0.29, 0.717) is 5.95 Å². The highest BCUT2D eigenvalue weighted by molar-refractivity contribution is 5.92. The Bertz CT molecular complexity index is 1190. The number of nitrogens with zero attached hydrogens (tertiary/aromatic N) is 2. The second kappa shape index (κ2) is 11.0. The van der Waals surface area contributed by atoms with Gasteiger partial charge in [-0.25, -0.2) is 4.98 Å². The molecule has 3 aromatic carbocycles. The molecule has 1 aromatic heterocycles. The van der Waals surface area contributed by atoms with Crippen LogP contribution in [0, 0.1) is 5.92 Å². The lowest BCUT2D eigenvalue weighted by Crippen LogP contribution is -2.08. The van der Waals surface area contributed by atoms with E-state index in [0.717, 1.165) is 52.8 Å². The Morgan fingerprint density at radius 1 is 0.735 bits per heavy atom. The molecule has 0 spiro atoms. The van der Waals surface area contributed by atoms with Crippen molar-refractivity contribution in [2.45, 2.75) is 44.9 Å². The van der Waals surface area contributed by atoms with Crippen LogP contribution in [-0.4, -0.2) is 16.6 Å². The minimum absolute atomic E-state index is 0.554. The predicted molar refractivity (Wildman–Crippen MR) is 140 cm³/mol. The van der Waals surface area contributed by atoms with Crippen molar-refractivity contribution in [1.29, 1.82) is 0 Å². The van der Waals surface area contributed by atoms with Gasteiger partial charge in [-0.3, -0.25) is 0 Å². The van der Waals surface area contributed by atoms with Crippen LogP contribution in [-0.2, 0) is 0 Å². The molecule has 0 bridgehead atoms. The SMILES string of the molecule is c1ccc(Nc2nc(Nc3ccc(OCCCC4CCCCC4)cc3)nc3ccccc23)cc1. The van der Waals surface area contributed by atoms with Gasteiger partial charge in [0.15, 0.2) is 0 Å². The van der Waals surface area contributed by atoms with Crippen LogP contribution >= 0.6 is 0 Å². The zero-order valence-corrected chi connectivity index (χ0v) is 19.5. The maximum atomic E-state index is 5.98. The molecule has 0 aliphatic heterocycles. The smallest absolute Gasteiger partial charge is 0.229 e. The Hall–Kier alpha value is -3.60. The highest BCUT2D eigenvalue weighted by atomic mass is 16.5. The van der Waals surface area contributed by atoms with Crippen molar-refractivity contribution in [2.24, 2.45) is 5.92 Å². The molecular weight excluding hydrogens is 420 g/mol. The third-order valence-corrected chi connectivity index (χ3v) is 6.50. The van der Waals surface area contributed by atoms with E-state index in [1.807, 2.05) is 78.9 Å². The first-order chi connectivity index (χ1) is 16.8. The standard InChI is InChI=1S/C29H32N4O/c1-3-10-22(11-4-1)12-9-21-34-25-19-17-24(18-20-25)31-29-32-27-16-8-7-15-26(27)28(33-29)30-23-13-5-2-6-14-23/h2,5-8,13-20,22H,1,3-4,9-12,21H2,(H2,30,31,32,33). The molecule has 5 rings (SSSR count). The van der Waals surface area contributed by atoms with Gasteiger partial charge in [0.25, 0.3) is 0 Å². The van der Waals surface area contributed by atoms with Crippen LogP contribution in [0.3, 0.4) is 0 Å². The minimum atomic E-state index is 0.554. The van der Waals surface area contributed by atoms with E-state index >= 15 is 0 Å². The molecule has 34 heavy (non-hydrogen) atoms. The van der Waals surface area contributed by atoms with Gasteiger partial charge in [0, 0.05) is 16.8 Å². The predicted octanol–water partition coefficient (Wildman–Crippen LogP) is 7.86. The molecule has 0 atom stereocenters. The molecule has 174 valence electrons. The zero-order chi connectivity index (χ0) is 23.0. The van der Waals surface area contributed by atoms with Crippen LogP contribution in [0.2, 0.25) is 0 Å². The third kappa shape index (κ3) is 5.84. The Balaban J connectivity index is 1.22. The van der Waals surface area contributed by atoms with E-state index in [1.54, 1.807) is 0 Å². The monoisotopic (exact) mass is 452 g/mol. The Morgan fingerprint density at radius 3 is 2.29 bits per heavy atom. The number of fused-ring (bicyclic) bond motifs is 1. The lowest BCUT2D eigenvalue weighted by atomic mass is 9.86. The van der Waals surface area contributed by atoms with Gasteiger partial charge in [-0.15, -0.1) is 0 Å². The second-order valence-corrected chi connectivity index (χ2v) is 9.05. The van der Waals surface area contributed by atoms with Gasteiger partial charge >= 0.3 is 0 Å². The fourth-order valence-corrected chi connectivity index (χ4v) is 4.69. The maximum absolute atomic E-state index is 5.98. The molecule has 4 aromatic rings. The van der Waals surface area contributed by atoms with Gasteiger partial charge in [0.2, 0.25) is 5.95 Å². The van der Waals surface area contributed by atoms with Gasteiger partial charge in [-0.05, 0) is 67.3 Å². The van der Waals surface area contributed by atoms with Crippen molar-refractivity contribution in [2.75, 3.05) is 17.2 Å². The normalized spacial score (nSPS) is 14.1. The van der Waals surface area contributed by atoms with Crippen molar-refractivity contribution in [3.8, 4) is 5.75 Å². The lowest BCUT2D eigenvalue weighted by molar-refractivity contribution is 0.269. The molecule has 2 N–H and O–H groups in total. The molecule has 5 nitrogen and oxygen atoms in total. The lowest BCUT2D eigenvalue weighted by Gasteiger charge is -2.21. The van der Waals surface area contributed by atoms with E-state index < -0.39 is 0 Å². The van der Waals surface area contributed by atoms with Gasteiger partial charge in [0.1, 0.15) is 11.6 Å². The van der Waals surface area contributed by atoms with Crippen LogP contribution < -0.4 is 15.4 Å². The molecule has 1 aliphatic carbocycles. The summed E-state index contributed by atoms with van der Waals surface area (Å²) in [4.78, 5) is 9.46. The van der Waals surface area contributed by atoms with Crippen molar-refractivity contribution in [3.63, 3.8) is 0 Å². The van der Waals surface area contributed by atoms with Crippen LogP contribution in [0.15, 0.2) is 78.9 Å². The van der Waals surface area contributed by atoms with Crippen LogP contribution in [0.4, 0.5) is 23.1 Å². The number of hydrogen-bond acceptors (Lipinski definition) is 5. The Morgan fingerprint density at radius 2 is 1.47 bits per heavy atom. The first-order valence-electron chi connectivity index (χ1n) is 12.4. The van der Waals surface area contributed by atoms with Gasteiger partial charge in [-0.1, -0.05) is 62.4 Å². The third-order valence-electron chi connectivity index (χ3n) is 6.50. The molecule has 0 saturated heterocycles. The number of aromatic nitrogens is 2. The highest BCUT2D eigenvalue weighted by Gasteiger charge is 2.13. The number of para-hydroxylation sites is 2. The number of rotatable bonds is 9. The first-order valence-corrected chi connectivity index (χ1v) is 12.4. The first kappa shape index (κ1) is 22.2. The average molecular weight is 453 g/mol.